The number of carbonyl (C=O) groups excluding carboxylic acids is 1. The van der Waals surface area contributed by atoms with Crippen LogP contribution in [0.15, 0.2) is 30.5 Å². The second kappa shape index (κ2) is 7.78. The average molecular weight is 361 g/mol. The number of nitrogens with zero attached hydrogens (tertiary/aromatic N) is 1. The van der Waals surface area contributed by atoms with Crippen molar-refractivity contribution in [2.24, 2.45) is 11.7 Å². The SMILES string of the molecule is COc1cc(F)ccc1-c1cc(NC(=O)[C@H]2CCC[C@@H](N)C2)ncc1F. The lowest BCUT2D eigenvalue weighted by Crippen LogP contribution is -2.34. The number of methoxy groups -OCH3 is 1. The molecule has 7 heteroatoms. The smallest absolute Gasteiger partial charge is 0.228 e. The van der Waals surface area contributed by atoms with Crippen LogP contribution in [0.3, 0.4) is 0 Å². The Kier molecular flexibility index (Phi) is 5.46. The highest BCUT2D eigenvalue weighted by Gasteiger charge is 2.26. The molecule has 3 N–H and O–H groups in total. The highest BCUT2D eigenvalue weighted by molar-refractivity contribution is 5.92. The van der Waals surface area contributed by atoms with Gasteiger partial charge in [0.1, 0.15) is 23.2 Å². The summed E-state index contributed by atoms with van der Waals surface area (Å²) in [4.78, 5) is 16.4. The van der Waals surface area contributed by atoms with Crippen LogP contribution in [-0.4, -0.2) is 24.0 Å². The number of halogens is 2. The second-order valence-corrected chi connectivity index (χ2v) is 6.51. The lowest BCUT2D eigenvalue weighted by molar-refractivity contribution is -0.120. The minimum Gasteiger partial charge on any atom is -0.496 e. The van der Waals surface area contributed by atoms with E-state index in [2.05, 4.69) is 10.3 Å². The van der Waals surface area contributed by atoms with E-state index in [0.29, 0.717) is 12.0 Å². The molecule has 138 valence electrons. The zero-order valence-electron chi connectivity index (χ0n) is 14.5. The van der Waals surface area contributed by atoms with E-state index in [-0.39, 0.29) is 35.0 Å². The molecule has 1 saturated carbocycles. The number of pyridine rings is 1. The highest BCUT2D eigenvalue weighted by atomic mass is 19.1. The summed E-state index contributed by atoms with van der Waals surface area (Å²) >= 11 is 0. The van der Waals surface area contributed by atoms with Gasteiger partial charge < -0.3 is 15.8 Å². The van der Waals surface area contributed by atoms with Crippen LogP contribution in [0.5, 0.6) is 5.75 Å². The van der Waals surface area contributed by atoms with E-state index >= 15 is 0 Å². The monoisotopic (exact) mass is 361 g/mol. The number of benzene rings is 1. The Bertz CT molecular complexity index is 813. The standard InChI is InChI=1S/C19H21F2N3O2/c1-26-17-8-12(20)5-6-14(17)15-9-18(23-10-16(15)21)24-19(25)11-3-2-4-13(22)7-11/h5-6,8-11,13H,2-4,7,22H2,1H3,(H,23,24,25)/t11-,13+/m0/s1. The molecular formula is C19H21F2N3O2. The number of anilines is 1. The lowest BCUT2D eigenvalue weighted by atomic mass is 9.85. The molecular weight excluding hydrogens is 340 g/mol. The Morgan fingerprint density at radius 1 is 1.27 bits per heavy atom. The van der Waals surface area contributed by atoms with Gasteiger partial charge in [0.2, 0.25) is 5.91 Å². The van der Waals surface area contributed by atoms with Crippen molar-refractivity contribution in [1.82, 2.24) is 4.98 Å². The largest absolute Gasteiger partial charge is 0.496 e. The first-order valence-electron chi connectivity index (χ1n) is 8.54. The summed E-state index contributed by atoms with van der Waals surface area (Å²) in [6.45, 7) is 0. The number of carbonyl (C=O) groups is 1. The molecule has 0 saturated heterocycles. The third kappa shape index (κ3) is 3.99. The molecule has 0 spiro atoms. The maximum atomic E-state index is 14.3. The number of rotatable bonds is 4. The average Bonchev–Trinajstić information content (AvgIpc) is 2.63. The molecule has 1 aromatic heterocycles. The fourth-order valence-electron chi connectivity index (χ4n) is 3.30. The van der Waals surface area contributed by atoms with Gasteiger partial charge in [-0.05, 0) is 37.5 Å². The molecule has 3 rings (SSSR count). The van der Waals surface area contributed by atoms with Crippen molar-refractivity contribution in [3.05, 3.63) is 42.1 Å². The van der Waals surface area contributed by atoms with Crippen LogP contribution in [0.2, 0.25) is 0 Å². The van der Waals surface area contributed by atoms with Crippen molar-refractivity contribution >= 4 is 11.7 Å². The fourth-order valence-corrected chi connectivity index (χ4v) is 3.30. The summed E-state index contributed by atoms with van der Waals surface area (Å²) in [6, 6.07) is 5.28. The van der Waals surface area contributed by atoms with E-state index in [1.807, 2.05) is 0 Å². The van der Waals surface area contributed by atoms with E-state index in [1.54, 1.807) is 0 Å². The van der Waals surface area contributed by atoms with Crippen molar-refractivity contribution in [2.45, 2.75) is 31.7 Å². The van der Waals surface area contributed by atoms with Gasteiger partial charge in [0, 0.05) is 29.2 Å². The molecule has 1 aliphatic rings. The van der Waals surface area contributed by atoms with Gasteiger partial charge in [-0.15, -0.1) is 0 Å². The van der Waals surface area contributed by atoms with Crippen LogP contribution in [0.4, 0.5) is 14.6 Å². The normalized spacial score (nSPS) is 19.8. The molecule has 1 aromatic carbocycles. The van der Waals surface area contributed by atoms with E-state index in [9.17, 15) is 13.6 Å². The maximum Gasteiger partial charge on any atom is 0.228 e. The molecule has 1 heterocycles. The number of ether oxygens (including phenoxy) is 1. The van der Waals surface area contributed by atoms with Gasteiger partial charge in [-0.3, -0.25) is 4.79 Å². The molecule has 2 aromatic rings. The number of amides is 1. The summed E-state index contributed by atoms with van der Waals surface area (Å²) in [7, 11) is 1.38. The minimum absolute atomic E-state index is 0.0275. The third-order valence-electron chi connectivity index (χ3n) is 4.65. The van der Waals surface area contributed by atoms with Crippen LogP contribution in [0, 0.1) is 17.6 Å². The van der Waals surface area contributed by atoms with Crippen molar-refractivity contribution in [1.29, 1.82) is 0 Å². The van der Waals surface area contributed by atoms with Crippen LogP contribution in [-0.2, 0) is 4.79 Å². The zero-order chi connectivity index (χ0) is 18.7. The number of hydrogen-bond donors (Lipinski definition) is 2. The summed E-state index contributed by atoms with van der Waals surface area (Å²) in [5.41, 5.74) is 6.48. The van der Waals surface area contributed by atoms with Gasteiger partial charge >= 0.3 is 0 Å². The molecule has 0 aliphatic heterocycles. The van der Waals surface area contributed by atoms with E-state index in [4.69, 9.17) is 10.5 Å². The molecule has 1 fully saturated rings. The number of nitrogens with one attached hydrogen (secondary N) is 1. The first-order chi connectivity index (χ1) is 12.5. The van der Waals surface area contributed by atoms with Crippen LogP contribution in [0.25, 0.3) is 11.1 Å². The molecule has 5 nitrogen and oxygen atoms in total. The van der Waals surface area contributed by atoms with E-state index in [0.717, 1.165) is 25.5 Å². The van der Waals surface area contributed by atoms with Crippen LogP contribution in [0.1, 0.15) is 25.7 Å². The summed E-state index contributed by atoms with van der Waals surface area (Å²) < 4.78 is 32.8. The Hall–Kier alpha value is -2.54. The molecule has 2 atom stereocenters. The van der Waals surface area contributed by atoms with Crippen molar-refractivity contribution in [2.75, 3.05) is 12.4 Å². The predicted molar refractivity (Wildman–Crippen MR) is 94.7 cm³/mol. The van der Waals surface area contributed by atoms with Gasteiger partial charge in [-0.1, -0.05) is 6.42 Å². The summed E-state index contributed by atoms with van der Waals surface area (Å²) in [6.07, 6.45) is 4.27. The Morgan fingerprint density at radius 2 is 2.08 bits per heavy atom. The minimum atomic E-state index is -0.590. The van der Waals surface area contributed by atoms with E-state index < -0.39 is 11.6 Å². The molecule has 1 amide bonds. The first kappa shape index (κ1) is 18.3. The Labute approximate surface area is 150 Å². The van der Waals surface area contributed by atoms with Gasteiger partial charge in [0.25, 0.3) is 0 Å². The molecule has 26 heavy (non-hydrogen) atoms. The summed E-state index contributed by atoms with van der Waals surface area (Å²) in [5, 5.41) is 2.73. The Balaban J connectivity index is 1.85. The third-order valence-corrected chi connectivity index (χ3v) is 4.65. The molecule has 0 radical (unpaired) electrons. The van der Waals surface area contributed by atoms with E-state index in [1.165, 1.54) is 31.4 Å². The highest BCUT2D eigenvalue weighted by Crippen LogP contribution is 2.33. The Morgan fingerprint density at radius 3 is 2.81 bits per heavy atom. The zero-order valence-corrected chi connectivity index (χ0v) is 14.5. The van der Waals surface area contributed by atoms with Gasteiger partial charge in [0.15, 0.2) is 0 Å². The summed E-state index contributed by atoms with van der Waals surface area (Å²) in [5.74, 6) is -0.983. The van der Waals surface area contributed by atoms with Crippen molar-refractivity contribution in [3.63, 3.8) is 0 Å². The van der Waals surface area contributed by atoms with Crippen molar-refractivity contribution < 1.29 is 18.3 Å². The maximum absolute atomic E-state index is 14.3. The second-order valence-electron chi connectivity index (χ2n) is 6.51. The topological polar surface area (TPSA) is 77.2 Å². The number of hydrogen-bond acceptors (Lipinski definition) is 4. The van der Waals surface area contributed by atoms with Crippen LogP contribution < -0.4 is 15.8 Å². The fraction of sp³-hybridized carbons (Fsp3) is 0.368. The van der Waals surface area contributed by atoms with Crippen molar-refractivity contribution in [3.8, 4) is 16.9 Å². The molecule has 0 unspecified atom stereocenters. The lowest BCUT2D eigenvalue weighted by Gasteiger charge is -2.25. The molecule has 0 bridgehead atoms. The number of nitrogens with two attached hydrogens (primary N) is 1. The van der Waals surface area contributed by atoms with Crippen LogP contribution >= 0.6 is 0 Å². The number of aromatic nitrogens is 1. The predicted octanol–water partition coefficient (Wildman–Crippen LogP) is 3.49. The van der Waals surface area contributed by atoms with Gasteiger partial charge in [-0.25, -0.2) is 13.8 Å². The van der Waals surface area contributed by atoms with Gasteiger partial charge in [-0.2, -0.15) is 0 Å². The molecule has 1 aliphatic carbocycles. The first-order valence-corrected chi connectivity index (χ1v) is 8.54. The van der Waals surface area contributed by atoms with Gasteiger partial charge in [0.05, 0.1) is 13.3 Å². The quantitative estimate of drug-likeness (QED) is 0.874.